The highest BCUT2D eigenvalue weighted by Crippen LogP contribution is 2.20. The Hall–Kier alpha value is -2.12. The maximum Gasteiger partial charge on any atom is 0.227 e. The van der Waals surface area contributed by atoms with Crippen LogP contribution >= 0.6 is 0 Å². The number of carbonyl (C=O) groups excluding carboxylic acids is 1. The van der Waals surface area contributed by atoms with E-state index in [1.54, 1.807) is 14.1 Å². The average molecular weight is 349 g/mol. The summed E-state index contributed by atoms with van der Waals surface area (Å²) >= 11 is 0. The minimum Gasteiger partial charge on any atom is -0.359 e. The van der Waals surface area contributed by atoms with Crippen molar-refractivity contribution in [2.24, 2.45) is 10.4 Å². The van der Waals surface area contributed by atoms with Gasteiger partial charge in [-0.25, -0.2) is 0 Å². The third-order valence-corrected chi connectivity index (χ3v) is 4.60. The highest BCUT2D eigenvalue weighted by atomic mass is 16.2. The van der Waals surface area contributed by atoms with Gasteiger partial charge >= 0.3 is 0 Å². The van der Waals surface area contributed by atoms with Gasteiger partial charge in [-0.05, 0) is 20.3 Å². The summed E-state index contributed by atoms with van der Waals surface area (Å²) in [7, 11) is 3.40. The molecule has 0 radical (unpaired) electrons. The summed E-state index contributed by atoms with van der Waals surface area (Å²) in [6.07, 6.45) is 1.88. The van der Waals surface area contributed by atoms with Crippen molar-refractivity contribution in [2.45, 2.75) is 59.0 Å². The Kier molecular flexibility index (Phi) is 6.02. The van der Waals surface area contributed by atoms with Crippen LogP contribution in [0.4, 0.5) is 0 Å². The molecule has 1 aliphatic heterocycles. The van der Waals surface area contributed by atoms with Crippen molar-refractivity contribution < 1.29 is 4.79 Å². The molecule has 2 heterocycles. The Bertz CT molecular complexity index is 633. The molecule has 0 saturated carbocycles. The maximum atomic E-state index is 11.9. The third-order valence-electron chi connectivity index (χ3n) is 4.60. The summed E-state index contributed by atoms with van der Waals surface area (Å²) in [6, 6.07) is 0.260. The van der Waals surface area contributed by atoms with E-state index in [-0.39, 0.29) is 11.9 Å². The number of nitrogens with one attached hydrogen (secondary N) is 3. The summed E-state index contributed by atoms with van der Waals surface area (Å²) < 4.78 is 2.22. The van der Waals surface area contributed by atoms with Crippen LogP contribution in [0.5, 0.6) is 0 Å². The van der Waals surface area contributed by atoms with Crippen LogP contribution in [0, 0.1) is 5.41 Å². The molecule has 8 nitrogen and oxygen atoms in total. The monoisotopic (exact) mass is 349 g/mol. The second-order valence-corrected chi connectivity index (χ2v) is 7.51. The van der Waals surface area contributed by atoms with E-state index in [0.717, 1.165) is 31.0 Å². The van der Waals surface area contributed by atoms with Crippen LogP contribution in [0.15, 0.2) is 4.99 Å². The molecule has 1 aliphatic rings. The first-order chi connectivity index (χ1) is 11.8. The number of hydrogen-bond donors (Lipinski definition) is 3. The molecule has 1 amide bonds. The number of rotatable bonds is 5. The van der Waals surface area contributed by atoms with Crippen molar-refractivity contribution in [3.8, 4) is 0 Å². The van der Waals surface area contributed by atoms with Gasteiger partial charge in [0.2, 0.25) is 5.91 Å². The minimum atomic E-state index is -0.509. The highest BCUT2D eigenvalue weighted by Gasteiger charge is 2.28. The van der Waals surface area contributed by atoms with E-state index in [9.17, 15) is 4.79 Å². The van der Waals surface area contributed by atoms with Gasteiger partial charge in [-0.15, -0.1) is 10.2 Å². The third kappa shape index (κ3) is 4.49. The molecule has 140 valence electrons. The molecule has 0 aromatic carbocycles. The summed E-state index contributed by atoms with van der Waals surface area (Å²) in [5, 5.41) is 18.1. The van der Waals surface area contributed by atoms with Crippen molar-refractivity contribution in [1.29, 1.82) is 0 Å². The largest absolute Gasteiger partial charge is 0.359 e. The number of carbonyl (C=O) groups is 1. The topological polar surface area (TPSA) is 96.2 Å². The van der Waals surface area contributed by atoms with Gasteiger partial charge in [0, 0.05) is 45.6 Å². The summed E-state index contributed by atoms with van der Waals surface area (Å²) in [5.74, 6) is 3.16. The summed E-state index contributed by atoms with van der Waals surface area (Å²) in [4.78, 5) is 16.2. The lowest BCUT2D eigenvalue weighted by atomic mass is 9.92. The molecule has 0 bridgehead atoms. The maximum absolute atomic E-state index is 11.9. The molecule has 1 atom stereocenters. The van der Waals surface area contributed by atoms with Gasteiger partial charge < -0.3 is 20.5 Å². The first-order valence-corrected chi connectivity index (χ1v) is 8.89. The quantitative estimate of drug-likeness (QED) is 0.536. The van der Waals surface area contributed by atoms with Crippen LogP contribution in [0.2, 0.25) is 0 Å². The smallest absolute Gasteiger partial charge is 0.227 e. The molecular weight excluding hydrogens is 318 g/mol. The molecule has 25 heavy (non-hydrogen) atoms. The van der Waals surface area contributed by atoms with Crippen molar-refractivity contribution in [3.05, 3.63) is 11.6 Å². The number of fused-ring (bicyclic) bond motifs is 1. The van der Waals surface area contributed by atoms with E-state index in [1.165, 1.54) is 0 Å². The zero-order valence-electron chi connectivity index (χ0n) is 16.2. The van der Waals surface area contributed by atoms with Crippen molar-refractivity contribution in [2.75, 3.05) is 20.6 Å². The molecule has 0 fully saturated rings. The second-order valence-electron chi connectivity index (χ2n) is 7.51. The van der Waals surface area contributed by atoms with Crippen molar-refractivity contribution >= 4 is 11.9 Å². The van der Waals surface area contributed by atoms with E-state index < -0.39 is 5.41 Å². The fourth-order valence-corrected chi connectivity index (χ4v) is 3.00. The Morgan fingerprint density at radius 3 is 2.72 bits per heavy atom. The Labute approximate surface area is 149 Å². The van der Waals surface area contributed by atoms with Crippen LogP contribution in [-0.4, -0.2) is 53.3 Å². The Morgan fingerprint density at radius 1 is 1.40 bits per heavy atom. The SMILES string of the molecule is CN=C(NCC(C)(C)C(=O)NC)NC1CCc2nnc(C(C)C)n2C1. The second kappa shape index (κ2) is 7.84. The number of guanidine groups is 1. The molecule has 0 saturated heterocycles. The van der Waals surface area contributed by atoms with E-state index in [4.69, 9.17) is 0 Å². The number of nitrogens with zero attached hydrogens (tertiary/aromatic N) is 4. The van der Waals surface area contributed by atoms with Gasteiger partial charge in [0.15, 0.2) is 5.96 Å². The van der Waals surface area contributed by atoms with Crippen LogP contribution < -0.4 is 16.0 Å². The predicted molar refractivity (Wildman–Crippen MR) is 98.6 cm³/mol. The normalized spacial score (nSPS) is 18.0. The Balaban J connectivity index is 1.96. The molecule has 1 aromatic rings. The molecule has 3 N–H and O–H groups in total. The van der Waals surface area contributed by atoms with Gasteiger partial charge in [0.05, 0.1) is 5.41 Å². The summed E-state index contributed by atoms with van der Waals surface area (Å²) in [6.45, 7) is 9.42. The van der Waals surface area contributed by atoms with Gasteiger partial charge in [0.1, 0.15) is 11.6 Å². The molecule has 1 aromatic heterocycles. The van der Waals surface area contributed by atoms with Gasteiger partial charge in [-0.3, -0.25) is 9.79 Å². The fraction of sp³-hybridized carbons (Fsp3) is 0.765. The standard InChI is InChI=1S/C17H31N7O/c1-11(2)14-23-22-13-8-7-12(9-24(13)14)21-16(19-6)20-10-17(3,4)15(25)18-5/h11-12H,7-10H2,1-6H3,(H,18,25)(H2,19,20,21). The van der Waals surface area contributed by atoms with Gasteiger partial charge in [-0.1, -0.05) is 13.8 Å². The lowest BCUT2D eigenvalue weighted by Crippen LogP contribution is -2.51. The number of hydrogen-bond acceptors (Lipinski definition) is 4. The zero-order chi connectivity index (χ0) is 18.6. The number of aromatic nitrogens is 3. The number of aliphatic imine (C=N–C) groups is 1. The average Bonchev–Trinajstić information content (AvgIpc) is 3.01. The molecule has 0 spiro atoms. The van der Waals surface area contributed by atoms with E-state index in [2.05, 4.69) is 49.6 Å². The van der Waals surface area contributed by atoms with E-state index in [1.807, 2.05) is 13.8 Å². The van der Waals surface area contributed by atoms with Crippen LogP contribution in [0.25, 0.3) is 0 Å². The molecule has 1 unspecified atom stereocenters. The predicted octanol–water partition coefficient (Wildman–Crippen LogP) is 0.654. The summed E-state index contributed by atoms with van der Waals surface area (Å²) in [5.41, 5.74) is -0.509. The highest BCUT2D eigenvalue weighted by molar-refractivity contribution is 5.84. The Morgan fingerprint density at radius 2 is 2.12 bits per heavy atom. The lowest BCUT2D eigenvalue weighted by Gasteiger charge is -2.29. The van der Waals surface area contributed by atoms with Gasteiger partial charge in [0.25, 0.3) is 0 Å². The van der Waals surface area contributed by atoms with Crippen molar-refractivity contribution in [3.63, 3.8) is 0 Å². The fourth-order valence-electron chi connectivity index (χ4n) is 3.00. The first kappa shape index (κ1) is 19.2. The molecular formula is C17H31N7O. The lowest BCUT2D eigenvalue weighted by molar-refractivity contribution is -0.128. The first-order valence-electron chi connectivity index (χ1n) is 8.89. The minimum absolute atomic E-state index is 0.00354. The van der Waals surface area contributed by atoms with E-state index in [0.29, 0.717) is 18.4 Å². The van der Waals surface area contributed by atoms with Crippen LogP contribution in [-0.2, 0) is 17.8 Å². The molecule has 0 aliphatic carbocycles. The van der Waals surface area contributed by atoms with E-state index >= 15 is 0 Å². The van der Waals surface area contributed by atoms with Crippen molar-refractivity contribution in [1.82, 2.24) is 30.7 Å². The van der Waals surface area contributed by atoms with Gasteiger partial charge in [-0.2, -0.15) is 0 Å². The van der Waals surface area contributed by atoms with Crippen LogP contribution in [0.1, 0.15) is 51.7 Å². The number of aryl methyl sites for hydroxylation is 1. The number of amides is 1. The zero-order valence-corrected chi connectivity index (χ0v) is 16.2. The molecule has 8 heteroatoms. The van der Waals surface area contributed by atoms with Crippen LogP contribution in [0.3, 0.4) is 0 Å². The molecule has 2 rings (SSSR count).